The summed E-state index contributed by atoms with van der Waals surface area (Å²) < 4.78 is 64.6. The highest BCUT2D eigenvalue weighted by molar-refractivity contribution is 7.93. The predicted octanol–water partition coefficient (Wildman–Crippen LogP) is 3.39. The van der Waals surface area contributed by atoms with Crippen molar-refractivity contribution >= 4 is 42.2 Å². The summed E-state index contributed by atoms with van der Waals surface area (Å²) in [6, 6.07) is 11.4. The van der Waals surface area contributed by atoms with Crippen LogP contribution in [-0.4, -0.2) is 51.4 Å². The SMILES string of the molecule is CS(=O)(=O)c1ccccc1S(=O)(=O)N1CCC(C(=O)Nc2nc(-c3ccc(F)cc3)cs2)CC1. The Kier molecular flexibility index (Phi) is 6.85. The number of benzene rings is 2. The second-order valence-electron chi connectivity index (χ2n) is 7.93. The monoisotopic (exact) mass is 523 g/mol. The third-order valence-electron chi connectivity index (χ3n) is 5.57. The zero-order valence-corrected chi connectivity index (χ0v) is 20.6. The predicted molar refractivity (Wildman–Crippen MR) is 127 cm³/mol. The number of halogens is 1. The molecule has 12 heteroatoms. The molecule has 0 spiro atoms. The summed E-state index contributed by atoms with van der Waals surface area (Å²) in [5, 5.41) is 4.94. The molecule has 0 bridgehead atoms. The molecular weight excluding hydrogens is 501 g/mol. The molecule has 4 rings (SSSR count). The number of hydrogen-bond acceptors (Lipinski definition) is 7. The average Bonchev–Trinajstić information content (AvgIpc) is 3.27. The van der Waals surface area contributed by atoms with E-state index in [9.17, 15) is 26.0 Å². The van der Waals surface area contributed by atoms with E-state index >= 15 is 0 Å². The minimum Gasteiger partial charge on any atom is -0.302 e. The molecule has 0 saturated carbocycles. The highest BCUT2D eigenvalue weighted by Crippen LogP contribution is 2.30. The molecule has 0 atom stereocenters. The maximum absolute atomic E-state index is 13.1. The first kappa shape index (κ1) is 24.5. The molecule has 0 aliphatic carbocycles. The van der Waals surface area contributed by atoms with Gasteiger partial charge in [-0.25, -0.2) is 26.2 Å². The van der Waals surface area contributed by atoms with E-state index in [1.807, 2.05) is 0 Å². The highest BCUT2D eigenvalue weighted by Gasteiger charge is 2.34. The number of anilines is 1. The van der Waals surface area contributed by atoms with Gasteiger partial charge in [-0.15, -0.1) is 11.3 Å². The van der Waals surface area contributed by atoms with Gasteiger partial charge < -0.3 is 5.32 Å². The van der Waals surface area contributed by atoms with Crippen molar-refractivity contribution in [3.8, 4) is 11.3 Å². The van der Waals surface area contributed by atoms with E-state index in [2.05, 4.69) is 10.3 Å². The van der Waals surface area contributed by atoms with Crippen LogP contribution in [0, 0.1) is 11.7 Å². The number of sulfone groups is 1. The second kappa shape index (κ2) is 9.53. The van der Waals surface area contributed by atoms with Gasteiger partial charge in [0.25, 0.3) is 0 Å². The Bertz CT molecular complexity index is 1410. The van der Waals surface area contributed by atoms with E-state index in [1.54, 1.807) is 17.5 Å². The Morgan fingerprint density at radius 2 is 1.65 bits per heavy atom. The van der Waals surface area contributed by atoms with Crippen LogP contribution in [0.3, 0.4) is 0 Å². The van der Waals surface area contributed by atoms with Crippen LogP contribution >= 0.6 is 11.3 Å². The normalized spacial score (nSPS) is 15.8. The van der Waals surface area contributed by atoms with Gasteiger partial charge in [-0.2, -0.15) is 4.31 Å². The van der Waals surface area contributed by atoms with Gasteiger partial charge >= 0.3 is 0 Å². The molecule has 8 nitrogen and oxygen atoms in total. The first-order valence-corrected chi connectivity index (χ1v) is 14.6. The van der Waals surface area contributed by atoms with Gasteiger partial charge in [0.15, 0.2) is 15.0 Å². The van der Waals surface area contributed by atoms with Crippen LogP contribution in [0.2, 0.25) is 0 Å². The maximum atomic E-state index is 13.1. The van der Waals surface area contributed by atoms with Gasteiger partial charge in [0.05, 0.1) is 10.6 Å². The van der Waals surface area contributed by atoms with E-state index in [-0.39, 0.29) is 34.6 Å². The molecule has 34 heavy (non-hydrogen) atoms. The van der Waals surface area contributed by atoms with Crippen LogP contribution < -0.4 is 5.32 Å². The highest BCUT2D eigenvalue weighted by atomic mass is 32.2. The number of carbonyl (C=O) groups is 1. The molecule has 1 aliphatic rings. The van der Waals surface area contributed by atoms with Crippen molar-refractivity contribution < 1.29 is 26.0 Å². The average molecular weight is 524 g/mol. The molecule has 1 aliphatic heterocycles. The number of piperidine rings is 1. The lowest BCUT2D eigenvalue weighted by molar-refractivity contribution is -0.120. The molecule has 1 N–H and O–H groups in total. The summed E-state index contributed by atoms with van der Waals surface area (Å²) in [5.74, 6) is -1.01. The quantitative estimate of drug-likeness (QED) is 0.530. The molecule has 1 aromatic heterocycles. The topological polar surface area (TPSA) is 114 Å². The van der Waals surface area contributed by atoms with Gasteiger partial charge in [-0.1, -0.05) is 12.1 Å². The summed E-state index contributed by atoms with van der Waals surface area (Å²) in [5.41, 5.74) is 1.34. The van der Waals surface area contributed by atoms with Gasteiger partial charge in [-0.3, -0.25) is 4.79 Å². The molecule has 180 valence electrons. The fourth-order valence-electron chi connectivity index (χ4n) is 3.76. The van der Waals surface area contributed by atoms with E-state index in [1.165, 1.54) is 52.0 Å². The van der Waals surface area contributed by atoms with Crippen LogP contribution in [0.25, 0.3) is 11.3 Å². The second-order valence-corrected chi connectivity index (χ2v) is 12.7. The van der Waals surface area contributed by atoms with Gasteiger partial charge in [0, 0.05) is 36.2 Å². The summed E-state index contributed by atoms with van der Waals surface area (Å²) in [6.45, 7) is 0.189. The molecule has 1 amide bonds. The Balaban J connectivity index is 1.41. The van der Waals surface area contributed by atoms with Crippen molar-refractivity contribution in [3.63, 3.8) is 0 Å². The van der Waals surface area contributed by atoms with Crippen LogP contribution in [0.5, 0.6) is 0 Å². The van der Waals surface area contributed by atoms with Crippen molar-refractivity contribution in [2.45, 2.75) is 22.6 Å². The minimum atomic E-state index is -4.03. The van der Waals surface area contributed by atoms with Crippen molar-refractivity contribution in [3.05, 3.63) is 59.7 Å². The standard InChI is InChI=1S/C22H22FN3O5S3/c1-33(28,29)19-4-2-3-5-20(19)34(30,31)26-12-10-16(11-13-26)21(27)25-22-24-18(14-32-22)15-6-8-17(23)9-7-15/h2-9,14,16H,10-13H2,1H3,(H,24,25,27). The number of nitrogens with one attached hydrogen (secondary N) is 1. The lowest BCUT2D eigenvalue weighted by Gasteiger charge is -2.30. The number of aromatic nitrogens is 1. The van der Waals surface area contributed by atoms with Crippen molar-refractivity contribution in [1.82, 2.24) is 9.29 Å². The van der Waals surface area contributed by atoms with Crippen molar-refractivity contribution in [2.24, 2.45) is 5.92 Å². The van der Waals surface area contributed by atoms with Crippen molar-refractivity contribution in [2.75, 3.05) is 24.7 Å². The van der Waals surface area contributed by atoms with E-state index in [4.69, 9.17) is 0 Å². The lowest BCUT2D eigenvalue weighted by atomic mass is 9.97. The molecular formula is C22H22FN3O5S3. The number of thiazole rings is 1. The van der Waals surface area contributed by atoms with E-state index in [0.29, 0.717) is 23.7 Å². The number of amides is 1. The summed E-state index contributed by atoms with van der Waals surface area (Å²) in [6.07, 6.45) is 1.56. The fraction of sp³-hybridized carbons (Fsp3) is 0.273. The van der Waals surface area contributed by atoms with Gasteiger partial charge in [0.2, 0.25) is 15.9 Å². The van der Waals surface area contributed by atoms with Gasteiger partial charge in [0.1, 0.15) is 10.7 Å². The maximum Gasteiger partial charge on any atom is 0.244 e. The van der Waals surface area contributed by atoms with Crippen LogP contribution in [0.4, 0.5) is 9.52 Å². The lowest BCUT2D eigenvalue weighted by Crippen LogP contribution is -2.41. The van der Waals surface area contributed by atoms with Gasteiger partial charge in [-0.05, 0) is 49.2 Å². The number of sulfonamides is 1. The zero-order chi connectivity index (χ0) is 24.5. The summed E-state index contributed by atoms with van der Waals surface area (Å²) >= 11 is 1.25. The third kappa shape index (κ3) is 5.19. The molecule has 0 unspecified atom stereocenters. The molecule has 0 radical (unpaired) electrons. The molecule has 3 aromatic rings. The third-order valence-corrected chi connectivity index (χ3v) is 9.56. The minimum absolute atomic E-state index is 0.0945. The smallest absolute Gasteiger partial charge is 0.244 e. The van der Waals surface area contributed by atoms with Crippen LogP contribution in [0.1, 0.15) is 12.8 Å². The van der Waals surface area contributed by atoms with E-state index in [0.717, 1.165) is 11.8 Å². The molecule has 1 saturated heterocycles. The number of rotatable bonds is 6. The molecule has 2 aromatic carbocycles. The first-order chi connectivity index (χ1) is 16.1. The summed E-state index contributed by atoms with van der Waals surface area (Å²) in [7, 11) is -7.76. The Morgan fingerprint density at radius 3 is 2.26 bits per heavy atom. The first-order valence-electron chi connectivity index (χ1n) is 10.4. The Hall–Kier alpha value is -2.67. The Labute approximate surface area is 201 Å². The summed E-state index contributed by atoms with van der Waals surface area (Å²) in [4.78, 5) is 16.6. The largest absolute Gasteiger partial charge is 0.302 e. The van der Waals surface area contributed by atoms with Crippen LogP contribution in [-0.2, 0) is 24.7 Å². The van der Waals surface area contributed by atoms with E-state index < -0.39 is 25.8 Å². The zero-order valence-electron chi connectivity index (χ0n) is 18.1. The molecule has 2 heterocycles. The molecule has 1 fully saturated rings. The van der Waals surface area contributed by atoms with Crippen LogP contribution in [0.15, 0.2) is 63.7 Å². The number of carbonyl (C=O) groups excluding carboxylic acids is 1. The Morgan fingerprint density at radius 1 is 1.03 bits per heavy atom. The fourth-order valence-corrected chi connectivity index (χ4v) is 7.55. The number of nitrogens with zero attached hydrogens (tertiary/aromatic N) is 2. The van der Waals surface area contributed by atoms with Crippen molar-refractivity contribution in [1.29, 1.82) is 0 Å². The number of hydrogen-bond donors (Lipinski definition) is 1.